The summed E-state index contributed by atoms with van der Waals surface area (Å²) in [5.74, 6) is 0.918. The first-order chi connectivity index (χ1) is 11.3. The number of nitrogens with zero attached hydrogens (tertiary/aromatic N) is 1. The quantitative estimate of drug-likeness (QED) is 0.495. The second-order valence-electron chi connectivity index (χ2n) is 5.65. The number of hydrogen-bond acceptors (Lipinski definition) is 2. The Morgan fingerprint density at radius 1 is 0.870 bits per heavy atom. The molecule has 23 heavy (non-hydrogen) atoms. The fourth-order valence-electron chi connectivity index (χ4n) is 3.13. The first-order valence-corrected chi connectivity index (χ1v) is 8.27. The molecule has 0 unspecified atom stereocenters. The van der Waals surface area contributed by atoms with Crippen LogP contribution in [-0.4, -0.2) is 18.1 Å². The number of anilines is 1. The lowest BCUT2D eigenvalue weighted by atomic mass is 10.1. The molecule has 0 spiro atoms. The van der Waals surface area contributed by atoms with Crippen molar-refractivity contribution in [1.82, 2.24) is 0 Å². The lowest BCUT2D eigenvalue weighted by Crippen LogP contribution is -2.28. The van der Waals surface area contributed by atoms with Crippen molar-refractivity contribution in [2.45, 2.75) is 6.42 Å². The molecule has 0 fully saturated rings. The van der Waals surface area contributed by atoms with Crippen molar-refractivity contribution >= 4 is 33.7 Å². The summed E-state index contributed by atoms with van der Waals surface area (Å²) in [4.78, 5) is 3.16. The molecule has 0 saturated carbocycles. The Morgan fingerprint density at radius 2 is 1.65 bits per heavy atom. The number of rotatable bonds is 5. The summed E-state index contributed by atoms with van der Waals surface area (Å²) in [6.45, 7) is 1.56. The van der Waals surface area contributed by atoms with Crippen LogP contribution in [-0.2, 0) is 0 Å². The third kappa shape index (κ3) is 2.57. The average Bonchev–Trinajstić information content (AvgIpc) is 2.87. The van der Waals surface area contributed by atoms with Gasteiger partial charge in [0.25, 0.3) is 0 Å². The van der Waals surface area contributed by atoms with E-state index in [1.54, 1.807) is 0 Å². The number of ether oxygens (including phenoxy) is 1. The van der Waals surface area contributed by atoms with Crippen LogP contribution in [0.15, 0.2) is 66.7 Å². The highest BCUT2D eigenvalue weighted by Gasteiger charge is 2.25. The molecule has 4 rings (SSSR count). The van der Waals surface area contributed by atoms with E-state index in [2.05, 4.69) is 41.3 Å². The van der Waals surface area contributed by atoms with Crippen molar-refractivity contribution in [3.05, 3.63) is 72.3 Å². The minimum Gasteiger partial charge on any atom is -0.494 e. The van der Waals surface area contributed by atoms with E-state index in [9.17, 15) is 0 Å². The van der Waals surface area contributed by atoms with Crippen LogP contribution >= 0.6 is 12.2 Å². The summed E-state index contributed by atoms with van der Waals surface area (Å²) in [5.41, 5.74) is 2.40. The molecule has 0 aromatic heterocycles. The highest BCUT2D eigenvalue weighted by atomic mass is 32.1. The summed E-state index contributed by atoms with van der Waals surface area (Å²) in [6.07, 6.45) is 0.930. The van der Waals surface area contributed by atoms with Gasteiger partial charge in [-0.25, -0.2) is 0 Å². The molecule has 3 aromatic carbocycles. The Balaban J connectivity index is 1.47. The van der Waals surface area contributed by atoms with Gasteiger partial charge in [0.2, 0.25) is 0 Å². The van der Waals surface area contributed by atoms with E-state index in [0.717, 1.165) is 23.7 Å². The zero-order valence-corrected chi connectivity index (χ0v) is 13.6. The maximum atomic E-state index is 5.78. The highest BCUT2D eigenvalue weighted by Crippen LogP contribution is 2.37. The standard InChI is InChI=1S/C20H17NOS/c23-20-17-11-4-7-15-8-5-12-18(19(15)17)21(20)13-6-14-22-16-9-2-1-3-10-16/h1-5,7-12H,6,13-14H2. The number of thiocarbonyl (C=S) groups is 1. The van der Waals surface area contributed by atoms with Gasteiger partial charge in [0, 0.05) is 17.5 Å². The predicted molar refractivity (Wildman–Crippen MR) is 99.5 cm³/mol. The van der Waals surface area contributed by atoms with Crippen LogP contribution < -0.4 is 9.64 Å². The van der Waals surface area contributed by atoms with Crippen LogP contribution in [0.1, 0.15) is 12.0 Å². The largest absolute Gasteiger partial charge is 0.494 e. The van der Waals surface area contributed by atoms with Crippen molar-refractivity contribution < 1.29 is 4.74 Å². The molecule has 1 heterocycles. The molecule has 0 amide bonds. The van der Waals surface area contributed by atoms with Crippen LogP contribution in [0.2, 0.25) is 0 Å². The van der Waals surface area contributed by atoms with Gasteiger partial charge in [-0.3, -0.25) is 0 Å². The summed E-state index contributed by atoms with van der Waals surface area (Å²) in [7, 11) is 0. The summed E-state index contributed by atoms with van der Waals surface area (Å²) < 4.78 is 5.78. The topological polar surface area (TPSA) is 12.5 Å². The summed E-state index contributed by atoms with van der Waals surface area (Å²) in [6, 6.07) is 22.7. The number of benzene rings is 3. The molecule has 1 aliphatic heterocycles. The lowest BCUT2D eigenvalue weighted by molar-refractivity contribution is 0.313. The zero-order valence-electron chi connectivity index (χ0n) is 12.7. The molecule has 1 aliphatic rings. The van der Waals surface area contributed by atoms with Crippen molar-refractivity contribution in [2.24, 2.45) is 0 Å². The SMILES string of the molecule is S=C1c2cccc3cccc(c23)N1CCCOc1ccccc1. The molecule has 114 valence electrons. The monoisotopic (exact) mass is 319 g/mol. The maximum Gasteiger partial charge on any atom is 0.119 e. The van der Waals surface area contributed by atoms with Crippen LogP contribution in [0, 0.1) is 0 Å². The van der Waals surface area contributed by atoms with E-state index in [0.29, 0.717) is 6.61 Å². The third-order valence-corrected chi connectivity index (χ3v) is 4.63. The molecule has 0 aliphatic carbocycles. The number of hydrogen-bond donors (Lipinski definition) is 0. The Labute approximate surface area is 141 Å². The minimum atomic E-state index is 0.690. The van der Waals surface area contributed by atoms with E-state index in [1.807, 2.05) is 30.3 Å². The molecule has 0 atom stereocenters. The molecule has 3 heteroatoms. The fraction of sp³-hybridized carbons (Fsp3) is 0.150. The molecule has 3 aromatic rings. The summed E-state index contributed by atoms with van der Waals surface area (Å²) >= 11 is 5.69. The maximum absolute atomic E-state index is 5.78. The van der Waals surface area contributed by atoms with Gasteiger partial charge >= 0.3 is 0 Å². The lowest BCUT2D eigenvalue weighted by Gasteiger charge is -2.20. The Kier molecular flexibility index (Phi) is 3.72. The van der Waals surface area contributed by atoms with Gasteiger partial charge in [0.05, 0.1) is 12.3 Å². The van der Waals surface area contributed by atoms with Crippen LogP contribution in [0.3, 0.4) is 0 Å². The minimum absolute atomic E-state index is 0.690. The van der Waals surface area contributed by atoms with E-state index in [1.165, 1.54) is 22.0 Å². The second-order valence-corrected chi connectivity index (χ2v) is 6.04. The van der Waals surface area contributed by atoms with Gasteiger partial charge in [-0.15, -0.1) is 0 Å². The van der Waals surface area contributed by atoms with E-state index in [4.69, 9.17) is 17.0 Å². The zero-order chi connectivity index (χ0) is 15.6. The van der Waals surface area contributed by atoms with Crippen LogP contribution in [0.25, 0.3) is 10.8 Å². The van der Waals surface area contributed by atoms with Gasteiger partial charge in [-0.2, -0.15) is 0 Å². The molecular formula is C20H17NOS. The Hall–Kier alpha value is -2.39. The molecular weight excluding hydrogens is 302 g/mol. The Bertz CT molecular complexity index is 855. The molecule has 0 saturated heterocycles. The second kappa shape index (κ2) is 6.01. The molecule has 0 bridgehead atoms. The van der Waals surface area contributed by atoms with Crippen LogP contribution in [0.4, 0.5) is 5.69 Å². The normalized spacial score (nSPS) is 12.9. The molecule has 0 radical (unpaired) electrons. The van der Waals surface area contributed by atoms with Gasteiger partial charge in [0.1, 0.15) is 10.7 Å². The van der Waals surface area contributed by atoms with Gasteiger partial charge in [-0.05, 0) is 30.0 Å². The van der Waals surface area contributed by atoms with Crippen LogP contribution in [0.5, 0.6) is 5.75 Å². The van der Waals surface area contributed by atoms with Crippen molar-refractivity contribution in [3.8, 4) is 5.75 Å². The van der Waals surface area contributed by atoms with Crippen molar-refractivity contribution in [2.75, 3.05) is 18.1 Å². The van der Waals surface area contributed by atoms with Crippen molar-refractivity contribution in [1.29, 1.82) is 0 Å². The van der Waals surface area contributed by atoms with E-state index >= 15 is 0 Å². The van der Waals surface area contributed by atoms with Crippen molar-refractivity contribution in [3.63, 3.8) is 0 Å². The first kappa shape index (κ1) is 14.2. The van der Waals surface area contributed by atoms with Gasteiger partial charge < -0.3 is 9.64 Å². The van der Waals surface area contributed by atoms with E-state index in [-0.39, 0.29) is 0 Å². The number of para-hydroxylation sites is 1. The first-order valence-electron chi connectivity index (χ1n) is 7.86. The predicted octanol–water partition coefficient (Wildman–Crippen LogP) is 4.80. The third-order valence-electron chi connectivity index (χ3n) is 4.19. The molecule has 0 N–H and O–H groups in total. The summed E-state index contributed by atoms with van der Waals surface area (Å²) in [5, 5.41) is 2.54. The van der Waals surface area contributed by atoms with E-state index < -0.39 is 0 Å². The average molecular weight is 319 g/mol. The van der Waals surface area contributed by atoms with Gasteiger partial charge in [-0.1, -0.05) is 60.7 Å². The van der Waals surface area contributed by atoms with Gasteiger partial charge in [0.15, 0.2) is 0 Å². The highest BCUT2D eigenvalue weighted by molar-refractivity contribution is 7.81. The molecule has 2 nitrogen and oxygen atoms in total. The smallest absolute Gasteiger partial charge is 0.119 e. The fourth-order valence-corrected chi connectivity index (χ4v) is 3.49. The Morgan fingerprint density at radius 3 is 2.48 bits per heavy atom.